The molecule has 2 aromatic rings. The predicted molar refractivity (Wildman–Crippen MR) is 106 cm³/mol. The van der Waals surface area contributed by atoms with Gasteiger partial charge in [-0.2, -0.15) is 5.10 Å². The minimum Gasteiger partial charge on any atom is -0.497 e. The molecular formula is C21H25N3O4. The number of hydrazone groups is 1. The Labute approximate surface area is 164 Å². The number of rotatable bonds is 5. The third-order valence-electron chi connectivity index (χ3n) is 4.58. The van der Waals surface area contributed by atoms with Crippen LogP contribution in [-0.4, -0.2) is 30.7 Å². The lowest BCUT2D eigenvalue weighted by atomic mass is 9.93. The van der Waals surface area contributed by atoms with E-state index < -0.39 is 0 Å². The fourth-order valence-corrected chi connectivity index (χ4v) is 3.27. The van der Waals surface area contributed by atoms with E-state index in [1.807, 2.05) is 20.8 Å². The quantitative estimate of drug-likeness (QED) is 0.776. The molecule has 7 nitrogen and oxygen atoms in total. The van der Waals surface area contributed by atoms with E-state index in [2.05, 4.69) is 15.8 Å². The summed E-state index contributed by atoms with van der Waals surface area (Å²) in [5, 5.41) is 7.19. The van der Waals surface area contributed by atoms with E-state index in [0.29, 0.717) is 23.5 Å². The van der Waals surface area contributed by atoms with Crippen LogP contribution < -0.4 is 15.5 Å². The van der Waals surface area contributed by atoms with Crippen molar-refractivity contribution in [2.75, 3.05) is 7.11 Å². The first-order valence-electron chi connectivity index (χ1n) is 9.35. The van der Waals surface area contributed by atoms with Crippen LogP contribution in [0.1, 0.15) is 64.5 Å². The van der Waals surface area contributed by atoms with Crippen LogP contribution in [0, 0.1) is 6.92 Å². The SMILES string of the molecule is COc1cccc(C(=O)N/N=C2\CCCc3oc(C(=O)NC(C)C)c(C)c32)c1. The van der Waals surface area contributed by atoms with Crippen molar-refractivity contribution in [2.24, 2.45) is 5.10 Å². The van der Waals surface area contributed by atoms with Crippen LogP contribution in [0.5, 0.6) is 5.75 Å². The van der Waals surface area contributed by atoms with Gasteiger partial charge in [0.2, 0.25) is 0 Å². The van der Waals surface area contributed by atoms with Gasteiger partial charge in [0, 0.05) is 29.2 Å². The van der Waals surface area contributed by atoms with E-state index in [9.17, 15) is 9.59 Å². The van der Waals surface area contributed by atoms with Gasteiger partial charge < -0.3 is 14.5 Å². The zero-order valence-electron chi connectivity index (χ0n) is 16.6. The fraction of sp³-hybridized carbons (Fsp3) is 0.381. The molecule has 0 spiro atoms. The van der Waals surface area contributed by atoms with Gasteiger partial charge in [0.05, 0.1) is 12.8 Å². The van der Waals surface area contributed by atoms with Crippen molar-refractivity contribution in [3.05, 3.63) is 52.5 Å². The maximum atomic E-state index is 12.4. The molecule has 2 amide bonds. The monoisotopic (exact) mass is 383 g/mol. The highest BCUT2D eigenvalue weighted by Crippen LogP contribution is 2.30. The van der Waals surface area contributed by atoms with Crippen LogP contribution in [0.15, 0.2) is 33.8 Å². The molecule has 1 heterocycles. The van der Waals surface area contributed by atoms with Crippen LogP contribution in [0.4, 0.5) is 0 Å². The number of carbonyl (C=O) groups excluding carboxylic acids is 2. The lowest BCUT2D eigenvalue weighted by molar-refractivity contribution is 0.0911. The summed E-state index contributed by atoms with van der Waals surface area (Å²) < 4.78 is 11.0. The van der Waals surface area contributed by atoms with Crippen molar-refractivity contribution in [3.8, 4) is 5.75 Å². The standard InChI is InChI=1S/C21H25N3O4/c1-12(2)22-21(26)19-13(3)18-16(9-6-10-17(18)28-19)23-24-20(25)14-7-5-8-15(11-14)27-4/h5,7-8,11-12H,6,9-10H2,1-4H3,(H,22,26)(H,24,25)/b23-16+. The molecular weight excluding hydrogens is 358 g/mol. The molecule has 0 bridgehead atoms. The molecule has 2 N–H and O–H groups in total. The molecule has 0 aliphatic heterocycles. The maximum Gasteiger partial charge on any atom is 0.287 e. The second-order valence-electron chi connectivity index (χ2n) is 7.07. The normalized spacial score (nSPS) is 14.7. The van der Waals surface area contributed by atoms with Crippen LogP contribution in [0.25, 0.3) is 0 Å². The van der Waals surface area contributed by atoms with Gasteiger partial charge in [-0.1, -0.05) is 6.07 Å². The van der Waals surface area contributed by atoms with Crippen molar-refractivity contribution in [3.63, 3.8) is 0 Å². The second kappa shape index (κ2) is 8.29. The Morgan fingerprint density at radius 1 is 1.21 bits per heavy atom. The number of carbonyl (C=O) groups is 2. The number of benzene rings is 1. The van der Waals surface area contributed by atoms with Gasteiger partial charge >= 0.3 is 0 Å². The Kier molecular flexibility index (Phi) is 5.82. The highest BCUT2D eigenvalue weighted by atomic mass is 16.5. The van der Waals surface area contributed by atoms with Gasteiger partial charge in [0.1, 0.15) is 11.5 Å². The number of hydrogen-bond donors (Lipinski definition) is 2. The average molecular weight is 383 g/mol. The first-order chi connectivity index (χ1) is 13.4. The van der Waals surface area contributed by atoms with E-state index >= 15 is 0 Å². The molecule has 1 aromatic heterocycles. The minimum atomic E-state index is -0.322. The number of hydrogen-bond acceptors (Lipinski definition) is 5. The van der Waals surface area contributed by atoms with E-state index in [0.717, 1.165) is 35.4 Å². The van der Waals surface area contributed by atoms with Crippen LogP contribution in [0.2, 0.25) is 0 Å². The molecule has 28 heavy (non-hydrogen) atoms. The summed E-state index contributed by atoms with van der Waals surface area (Å²) in [7, 11) is 1.55. The Morgan fingerprint density at radius 2 is 2.00 bits per heavy atom. The number of fused-ring (bicyclic) bond motifs is 1. The summed E-state index contributed by atoms with van der Waals surface area (Å²) in [6, 6.07) is 6.89. The largest absolute Gasteiger partial charge is 0.497 e. The van der Waals surface area contributed by atoms with Gasteiger partial charge in [-0.3, -0.25) is 9.59 Å². The van der Waals surface area contributed by atoms with Crippen molar-refractivity contribution in [1.82, 2.24) is 10.7 Å². The number of amides is 2. The molecule has 0 fully saturated rings. The molecule has 0 saturated carbocycles. The third kappa shape index (κ3) is 4.08. The highest BCUT2D eigenvalue weighted by molar-refractivity contribution is 6.07. The van der Waals surface area contributed by atoms with Crippen molar-refractivity contribution >= 4 is 17.5 Å². The molecule has 0 saturated heterocycles. The van der Waals surface area contributed by atoms with E-state index in [1.54, 1.807) is 31.4 Å². The molecule has 0 radical (unpaired) electrons. The first-order valence-corrected chi connectivity index (χ1v) is 9.35. The summed E-state index contributed by atoms with van der Waals surface area (Å²) in [6.07, 6.45) is 2.30. The molecule has 1 aliphatic rings. The molecule has 148 valence electrons. The topological polar surface area (TPSA) is 92.9 Å². The van der Waals surface area contributed by atoms with E-state index in [-0.39, 0.29) is 17.9 Å². The molecule has 3 rings (SSSR count). The fourth-order valence-electron chi connectivity index (χ4n) is 3.27. The minimum absolute atomic E-state index is 0.0179. The van der Waals surface area contributed by atoms with Crippen molar-refractivity contribution in [2.45, 2.75) is 46.1 Å². The third-order valence-corrected chi connectivity index (χ3v) is 4.58. The summed E-state index contributed by atoms with van der Waals surface area (Å²) in [5.74, 6) is 1.10. The summed E-state index contributed by atoms with van der Waals surface area (Å²) >= 11 is 0. The molecule has 7 heteroatoms. The lowest BCUT2D eigenvalue weighted by Gasteiger charge is -2.13. The van der Waals surface area contributed by atoms with Gasteiger partial charge in [-0.05, 0) is 51.8 Å². The number of methoxy groups -OCH3 is 1. The summed E-state index contributed by atoms with van der Waals surface area (Å²) in [5.41, 5.74) is 5.37. The van der Waals surface area contributed by atoms with Gasteiger partial charge in [0.25, 0.3) is 11.8 Å². The van der Waals surface area contributed by atoms with Crippen LogP contribution in [0.3, 0.4) is 0 Å². The smallest absolute Gasteiger partial charge is 0.287 e. The Balaban J connectivity index is 1.84. The number of ether oxygens (including phenoxy) is 1. The van der Waals surface area contributed by atoms with Crippen LogP contribution >= 0.6 is 0 Å². The maximum absolute atomic E-state index is 12.4. The molecule has 1 aliphatic carbocycles. The number of nitrogens with zero attached hydrogens (tertiary/aromatic N) is 1. The Hall–Kier alpha value is -3.09. The van der Waals surface area contributed by atoms with Gasteiger partial charge in [0.15, 0.2) is 5.76 Å². The number of nitrogens with one attached hydrogen (secondary N) is 2. The lowest BCUT2D eigenvalue weighted by Crippen LogP contribution is -2.30. The highest BCUT2D eigenvalue weighted by Gasteiger charge is 2.28. The number of aryl methyl sites for hydroxylation is 1. The zero-order chi connectivity index (χ0) is 20.3. The Bertz CT molecular complexity index is 928. The molecule has 1 aromatic carbocycles. The zero-order valence-corrected chi connectivity index (χ0v) is 16.6. The predicted octanol–water partition coefficient (Wildman–Crippen LogP) is 3.21. The molecule has 0 atom stereocenters. The number of furan rings is 1. The first kappa shape index (κ1) is 19.7. The average Bonchev–Trinajstić information content (AvgIpc) is 3.03. The van der Waals surface area contributed by atoms with Crippen molar-refractivity contribution in [1.29, 1.82) is 0 Å². The van der Waals surface area contributed by atoms with E-state index in [1.165, 1.54) is 0 Å². The van der Waals surface area contributed by atoms with Gasteiger partial charge in [-0.15, -0.1) is 0 Å². The van der Waals surface area contributed by atoms with Crippen molar-refractivity contribution < 1.29 is 18.7 Å². The summed E-state index contributed by atoms with van der Waals surface area (Å²) in [6.45, 7) is 5.65. The Morgan fingerprint density at radius 3 is 2.71 bits per heavy atom. The van der Waals surface area contributed by atoms with E-state index in [4.69, 9.17) is 9.15 Å². The molecule has 0 unspecified atom stereocenters. The van der Waals surface area contributed by atoms with Crippen LogP contribution in [-0.2, 0) is 6.42 Å². The van der Waals surface area contributed by atoms with Gasteiger partial charge in [-0.25, -0.2) is 5.43 Å². The summed E-state index contributed by atoms with van der Waals surface area (Å²) in [4.78, 5) is 24.8. The second-order valence-corrected chi connectivity index (χ2v) is 7.07.